The summed E-state index contributed by atoms with van der Waals surface area (Å²) in [6, 6.07) is 0. The number of rotatable bonds is 2. The van der Waals surface area contributed by atoms with Crippen LogP contribution in [0.4, 0.5) is 4.39 Å². The molecular formula is C5H11FN2. The normalized spacial score (nSPS) is 12.9. The summed E-state index contributed by atoms with van der Waals surface area (Å²) < 4.78 is 12.4. The molecule has 8 heavy (non-hydrogen) atoms. The van der Waals surface area contributed by atoms with Crippen molar-refractivity contribution in [2.45, 2.75) is 19.5 Å². The Labute approximate surface area is 48.6 Å². The van der Waals surface area contributed by atoms with Crippen molar-refractivity contribution >= 4 is 6.34 Å². The number of hydrogen-bond acceptors (Lipinski definition) is 1. The van der Waals surface area contributed by atoms with E-state index in [1.54, 1.807) is 0 Å². The van der Waals surface area contributed by atoms with Gasteiger partial charge < -0.3 is 5.73 Å². The van der Waals surface area contributed by atoms with Gasteiger partial charge in [0.2, 0.25) is 0 Å². The zero-order chi connectivity index (χ0) is 6.62. The summed E-state index contributed by atoms with van der Waals surface area (Å²) in [5.41, 5.74) is 3.65. The maximum Gasteiger partial charge on any atom is 0.124 e. The largest absolute Gasteiger partial charge is 0.390 e. The molecule has 0 rings (SSSR count). The van der Waals surface area contributed by atoms with Crippen molar-refractivity contribution < 1.29 is 4.39 Å². The number of aliphatic imine (C=N–C) groups is 1. The van der Waals surface area contributed by atoms with Gasteiger partial charge in [0.25, 0.3) is 0 Å². The van der Waals surface area contributed by atoms with Gasteiger partial charge in [-0.25, -0.2) is 4.39 Å². The number of hydrogen-bond donors (Lipinski definition) is 1. The number of halogens is 1. The second-order valence-electron chi connectivity index (χ2n) is 2.21. The first-order valence-electron chi connectivity index (χ1n) is 2.45. The highest BCUT2D eigenvalue weighted by Gasteiger charge is 2.12. The van der Waals surface area contributed by atoms with Gasteiger partial charge in [0.1, 0.15) is 5.67 Å². The Kier molecular flexibility index (Phi) is 2.45. The third-order valence-electron chi connectivity index (χ3n) is 0.573. The molecule has 0 aliphatic heterocycles. The molecule has 0 atom stereocenters. The van der Waals surface area contributed by atoms with Crippen LogP contribution in [-0.2, 0) is 0 Å². The summed E-state index contributed by atoms with van der Waals surface area (Å²) >= 11 is 0. The second kappa shape index (κ2) is 2.64. The van der Waals surface area contributed by atoms with E-state index in [9.17, 15) is 4.39 Å². The average Bonchev–Trinajstić information content (AvgIpc) is 1.59. The van der Waals surface area contributed by atoms with Gasteiger partial charge in [0.15, 0.2) is 0 Å². The molecule has 0 saturated heterocycles. The van der Waals surface area contributed by atoms with Crippen LogP contribution in [0, 0.1) is 0 Å². The average molecular weight is 118 g/mol. The summed E-state index contributed by atoms with van der Waals surface area (Å²) in [7, 11) is 0. The zero-order valence-electron chi connectivity index (χ0n) is 5.19. The molecule has 0 aromatic carbocycles. The lowest BCUT2D eigenvalue weighted by molar-refractivity contribution is 0.229. The van der Waals surface area contributed by atoms with Gasteiger partial charge in [-0.15, -0.1) is 0 Å². The van der Waals surface area contributed by atoms with E-state index in [2.05, 4.69) is 4.99 Å². The maximum absolute atomic E-state index is 12.4. The van der Waals surface area contributed by atoms with Crippen molar-refractivity contribution in [1.29, 1.82) is 0 Å². The van der Waals surface area contributed by atoms with Crippen molar-refractivity contribution in [3.05, 3.63) is 0 Å². The first-order chi connectivity index (χ1) is 3.56. The Balaban J connectivity index is 3.39. The van der Waals surface area contributed by atoms with Crippen molar-refractivity contribution in [2.75, 3.05) is 6.54 Å². The predicted octanol–water partition coefficient (Wildman–Crippen LogP) is 0.722. The fourth-order valence-corrected chi connectivity index (χ4v) is 0.270. The monoisotopic (exact) mass is 118 g/mol. The van der Waals surface area contributed by atoms with Gasteiger partial charge in [-0.05, 0) is 13.8 Å². The highest BCUT2D eigenvalue weighted by molar-refractivity contribution is 5.51. The van der Waals surface area contributed by atoms with Crippen molar-refractivity contribution in [3.63, 3.8) is 0 Å². The Bertz CT molecular complexity index is 82.9. The molecule has 2 N–H and O–H groups in total. The highest BCUT2D eigenvalue weighted by Crippen LogP contribution is 2.06. The lowest BCUT2D eigenvalue weighted by Gasteiger charge is -2.07. The summed E-state index contributed by atoms with van der Waals surface area (Å²) in [5.74, 6) is 0. The zero-order valence-corrected chi connectivity index (χ0v) is 5.19. The van der Waals surface area contributed by atoms with E-state index in [1.807, 2.05) is 0 Å². The second-order valence-corrected chi connectivity index (χ2v) is 2.21. The topological polar surface area (TPSA) is 38.4 Å². The van der Waals surface area contributed by atoms with Crippen LogP contribution in [0.2, 0.25) is 0 Å². The summed E-state index contributed by atoms with van der Waals surface area (Å²) in [6.45, 7) is 3.06. The molecule has 0 radical (unpaired) electrons. The van der Waals surface area contributed by atoms with Crippen molar-refractivity contribution in [3.8, 4) is 0 Å². The molecule has 0 unspecified atom stereocenters. The van der Waals surface area contributed by atoms with Gasteiger partial charge in [-0.3, -0.25) is 4.99 Å². The fraction of sp³-hybridized carbons (Fsp3) is 0.800. The number of nitrogens with two attached hydrogens (primary N) is 1. The number of nitrogens with zero attached hydrogens (tertiary/aromatic N) is 1. The van der Waals surface area contributed by atoms with Crippen LogP contribution in [0.1, 0.15) is 13.8 Å². The molecule has 0 bridgehead atoms. The van der Waals surface area contributed by atoms with Crippen LogP contribution in [0.5, 0.6) is 0 Å². The molecule has 3 heteroatoms. The van der Waals surface area contributed by atoms with E-state index in [0.717, 1.165) is 6.34 Å². The maximum atomic E-state index is 12.4. The molecule has 0 heterocycles. The molecule has 0 aliphatic rings. The summed E-state index contributed by atoms with van der Waals surface area (Å²) in [5, 5.41) is 0. The molecule has 0 fully saturated rings. The number of alkyl halides is 1. The lowest BCUT2D eigenvalue weighted by Crippen LogP contribution is -2.16. The molecule has 0 spiro atoms. The van der Waals surface area contributed by atoms with E-state index >= 15 is 0 Å². The Morgan fingerprint density at radius 3 is 2.38 bits per heavy atom. The SMILES string of the molecule is CC(C)(F)CN=CN. The fourth-order valence-electron chi connectivity index (χ4n) is 0.270. The summed E-state index contributed by atoms with van der Waals surface area (Å²) in [6.07, 6.45) is 1.11. The Morgan fingerprint density at radius 1 is 1.75 bits per heavy atom. The highest BCUT2D eigenvalue weighted by atomic mass is 19.1. The molecule has 48 valence electrons. The molecule has 0 saturated carbocycles. The molecule has 2 nitrogen and oxygen atoms in total. The lowest BCUT2D eigenvalue weighted by atomic mass is 10.2. The van der Waals surface area contributed by atoms with Crippen LogP contribution in [0.3, 0.4) is 0 Å². The standard InChI is InChI=1S/C5H11FN2/c1-5(2,6)3-8-4-7/h4H,3H2,1-2H3,(H2,7,8). The first-order valence-corrected chi connectivity index (χ1v) is 2.45. The molecular weight excluding hydrogens is 107 g/mol. The van der Waals surface area contributed by atoms with Crippen molar-refractivity contribution in [2.24, 2.45) is 10.7 Å². The Morgan fingerprint density at radius 2 is 2.25 bits per heavy atom. The molecule has 0 aromatic rings. The first kappa shape index (κ1) is 7.40. The van der Waals surface area contributed by atoms with Gasteiger partial charge in [-0.1, -0.05) is 0 Å². The van der Waals surface area contributed by atoms with E-state index in [4.69, 9.17) is 5.73 Å². The Hall–Kier alpha value is -0.600. The van der Waals surface area contributed by atoms with E-state index < -0.39 is 5.67 Å². The van der Waals surface area contributed by atoms with Crippen LogP contribution >= 0.6 is 0 Å². The minimum absolute atomic E-state index is 0.142. The third-order valence-corrected chi connectivity index (χ3v) is 0.573. The third kappa shape index (κ3) is 5.40. The summed E-state index contributed by atoms with van der Waals surface area (Å²) in [4.78, 5) is 3.52. The van der Waals surface area contributed by atoms with Gasteiger partial charge in [-0.2, -0.15) is 0 Å². The minimum Gasteiger partial charge on any atom is -0.390 e. The van der Waals surface area contributed by atoms with E-state index in [1.165, 1.54) is 13.8 Å². The van der Waals surface area contributed by atoms with Crippen molar-refractivity contribution in [1.82, 2.24) is 0 Å². The molecule has 0 amide bonds. The minimum atomic E-state index is -1.23. The van der Waals surface area contributed by atoms with E-state index in [-0.39, 0.29) is 6.54 Å². The smallest absolute Gasteiger partial charge is 0.124 e. The molecule has 0 aromatic heterocycles. The van der Waals surface area contributed by atoms with Gasteiger partial charge in [0.05, 0.1) is 12.9 Å². The van der Waals surface area contributed by atoms with Crippen LogP contribution in [-0.4, -0.2) is 18.6 Å². The quantitative estimate of drug-likeness (QED) is 0.421. The van der Waals surface area contributed by atoms with Crippen LogP contribution in [0.15, 0.2) is 4.99 Å². The van der Waals surface area contributed by atoms with Gasteiger partial charge >= 0.3 is 0 Å². The molecule has 0 aliphatic carbocycles. The van der Waals surface area contributed by atoms with E-state index in [0.29, 0.717) is 0 Å². The predicted molar refractivity (Wildman–Crippen MR) is 32.7 cm³/mol. The van der Waals surface area contributed by atoms with Crippen LogP contribution in [0.25, 0.3) is 0 Å². The van der Waals surface area contributed by atoms with Crippen LogP contribution < -0.4 is 5.73 Å². The van der Waals surface area contributed by atoms with Gasteiger partial charge in [0, 0.05) is 0 Å².